The number of hydrogen-bond donors (Lipinski definition) is 2. The van der Waals surface area contributed by atoms with Gasteiger partial charge in [-0.3, -0.25) is 4.79 Å². The molecule has 1 aromatic heterocycles. The first-order valence-corrected chi connectivity index (χ1v) is 5.91. The van der Waals surface area contributed by atoms with Crippen molar-refractivity contribution in [1.82, 2.24) is 9.55 Å². The average molecular weight is 267 g/mol. The Bertz CT molecular complexity index is 672. The number of imidazole rings is 1. The molecule has 2 rings (SSSR count). The quantitative estimate of drug-likeness (QED) is 0.838. The largest absolute Gasteiger partial charge is 0.369 e. The monoisotopic (exact) mass is 267 g/mol. The van der Waals surface area contributed by atoms with Crippen molar-refractivity contribution in [2.45, 2.75) is 20.4 Å². The van der Waals surface area contributed by atoms with E-state index in [-0.39, 0.29) is 5.82 Å². The van der Waals surface area contributed by atoms with Crippen molar-refractivity contribution in [2.75, 3.05) is 0 Å². The van der Waals surface area contributed by atoms with Crippen molar-refractivity contribution in [3.63, 3.8) is 0 Å². The number of carbonyl (C=O) groups excluding carboxylic acids is 1. The van der Waals surface area contributed by atoms with E-state index < -0.39 is 11.3 Å². The number of aromatic nitrogens is 2. The molecule has 1 aromatic carbocycles. The van der Waals surface area contributed by atoms with Crippen molar-refractivity contribution in [1.29, 1.82) is 0 Å². The van der Waals surface area contributed by atoms with Gasteiger partial charge in [-0.2, -0.15) is 0 Å². The lowest BCUT2D eigenvalue weighted by atomic mass is 9.92. The van der Waals surface area contributed by atoms with Crippen LogP contribution in [-0.2, 0) is 11.3 Å². The number of aromatic amines is 1. The molecule has 0 unspecified atom stereocenters. The summed E-state index contributed by atoms with van der Waals surface area (Å²) in [5, 5.41) is 0. The highest BCUT2D eigenvalue weighted by atomic mass is 32.1. The first-order chi connectivity index (χ1) is 8.33. The summed E-state index contributed by atoms with van der Waals surface area (Å²) in [6.07, 6.45) is 0. The van der Waals surface area contributed by atoms with Gasteiger partial charge in [0.1, 0.15) is 11.3 Å². The summed E-state index contributed by atoms with van der Waals surface area (Å²) in [5.41, 5.74) is 5.57. The Morgan fingerprint density at radius 2 is 2.22 bits per heavy atom. The highest BCUT2D eigenvalue weighted by molar-refractivity contribution is 7.71. The molecule has 0 aliphatic heterocycles. The number of para-hydroxylation sites is 1. The number of carbonyl (C=O) groups is 1. The molecular weight excluding hydrogens is 253 g/mol. The summed E-state index contributed by atoms with van der Waals surface area (Å²) in [5.74, 6) is -0.788. The summed E-state index contributed by atoms with van der Waals surface area (Å²) in [6.45, 7) is 3.77. The van der Waals surface area contributed by atoms with Crippen LogP contribution in [-0.4, -0.2) is 15.5 Å². The lowest BCUT2D eigenvalue weighted by Crippen LogP contribution is -2.35. The van der Waals surface area contributed by atoms with Crippen LogP contribution >= 0.6 is 12.2 Å². The van der Waals surface area contributed by atoms with E-state index in [2.05, 4.69) is 4.98 Å². The molecule has 6 heteroatoms. The Hall–Kier alpha value is -1.69. The highest BCUT2D eigenvalue weighted by Gasteiger charge is 2.26. The smallest absolute Gasteiger partial charge is 0.224 e. The molecule has 0 aliphatic rings. The van der Waals surface area contributed by atoms with Gasteiger partial charge in [0.05, 0.1) is 10.9 Å². The van der Waals surface area contributed by atoms with Crippen LogP contribution in [0.2, 0.25) is 0 Å². The number of rotatable bonds is 3. The van der Waals surface area contributed by atoms with Gasteiger partial charge in [-0.05, 0) is 38.2 Å². The van der Waals surface area contributed by atoms with Crippen molar-refractivity contribution in [3.8, 4) is 0 Å². The van der Waals surface area contributed by atoms with Crippen LogP contribution in [0.1, 0.15) is 13.8 Å². The number of primary amides is 1. The van der Waals surface area contributed by atoms with Gasteiger partial charge in [0, 0.05) is 6.54 Å². The molecule has 3 N–H and O–H groups in total. The van der Waals surface area contributed by atoms with Crippen LogP contribution in [0.5, 0.6) is 0 Å². The van der Waals surface area contributed by atoms with Crippen molar-refractivity contribution in [2.24, 2.45) is 11.1 Å². The Labute approximate surface area is 109 Å². The number of nitrogens with two attached hydrogens (primary N) is 1. The van der Waals surface area contributed by atoms with Crippen LogP contribution in [0.15, 0.2) is 18.2 Å². The Morgan fingerprint density at radius 3 is 2.83 bits per heavy atom. The minimum absolute atomic E-state index is 0.310. The third kappa shape index (κ3) is 2.03. The van der Waals surface area contributed by atoms with Gasteiger partial charge in [-0.25, -0.2) is 4.39 Å². The van der Waals surface area contributed by atoms with E-state index in [1.54, 1.807) is 30.5 Å². The van der Waals surface area contributed by atoms with Crippen molar-refractivity contribution >= 4 is 29.2 Å². The fourth-order valence-corrected chi connectivity index (χ4v) is 2.04. The van der Waals surface area contributed by atoms with Gasteiger partial charge in [-0.1, -0.05) is 6.07 Å². The van der Waals surface area contributed by atoms with Crippen LogP contribution < -0.4 is 5.73 Å². The van der Waals surface area contributed by atoms with E-state index in [0.717, 1.165) is 0 Å². The molecule has 1 heterocycles. The lowest BCUT2D eigenvalue weighted by molar-refractivity contribution is -0.126. The van der Waals surface area contributed by atoms with E-state index in [1.165, 1.54) is 6.07 Å². The average Bonchev–Trinajstić information content (AvgIpc) is 2.57. The first kappa shape index (κ1) is 12.8. The number of halogens is 1. The molecule has 18 heavy (non-hydrogen) atoms. The van der Waals surface area contributed by atoms with E-state index >= 15 is 0 Å². The molecule has 0 radical (unpaired) electrons. The number of nitrogens with one attached hydrogen (secondary N) is 1. The zero-order valence-corrected chi connectivity index (χ0v) is 11.0. The second-order valence-electron chi connectivity index (χ2n) is 4.90. The first-order valence-electron chi connectivity index (χ1n) is 5.50. The van der Waals surface area contributed by atoms with E-state index in [4.69, 9.17) is 18.0 Å². The molecule has 0 saturated carbocycles. The van der Waals surface area contributed by atoms with Gasteiger partial charge in [0.25, 0.3) is 0 Å². The van der Waals surface area contributed by atoms with Gasteiger partial charge in [-0.15, -0.1) is 0 Å². The van der Waals surface area contributed by atoms with E-state index in [0.29, 0.717) is 22.3 Å². The van der Waals surface area contributed by atoms with Gasteiger partial charge < -0.3 is 15.3 Å². The molecule has 0 aliphatic carbocycles. The predicted octanol–water partition coefficient (Wildman–Crippen LogP) is 2.35. The summed E-state index contributed by atoms with van der Waals surface area (Å²) >= 11 is 5.16. The Morgan fingerprint density at radius 1 is 1.56 bits per heavy atom. The van der Waals surface area contributed by atoms with Crippen LogP contribution in [0, 0.1) is 16.0 Å². The summed E-state index contributed by atoms with van der Waals surface area (Å²) in [7, 11) is 0. The fraction of sp³-hybridized carbons (Fsp3) is 0.333. The maximum Gasteiger partial charge on any atom is 0.224 e. The number of benzene rings is 1. The van der Waals surface area contributed by atoms with Crippen molar-refractivity contribution in [3.05, 3.63) is 28.8 Å². The van der Waals surface area contributed by atoms with Gasteiger partial charge in [0.15, 0.2) is 4.77 Å². The van der Waals surface area contributed by atoms with E-state index in [1.807, 2.05) is 0 Å². The van der Waals surface area contributed by atoms with Crippen LogP contribution in [0.4, 0.5) is 4.39 Å². The summed E-state index contributed by atoms with van der Waals surface area (Å²) in [6, 6.07) is 4.72. The number of hydrogen-bond acceptors (Lipinski definition) is 2. The number of nitrogens with zero attached hydrogens (tertiary/aromatic N) is 1. The molecule has 0 atom stereocenters. The molecule has 0 bridgehead atoms. The molecule has 2 aromatic rings. The normalized spacial score (nSPS) is 11.9. The highest BCUT2D eigenvalue weighted by Crippen LogP contribution is 2.23. The Kier molecular flexibility index (Phi) is 2.98. The SMILES string of the molecule is CC(C)(Cn1c(=S)[nH]c2c(F)cccc21)C(N)=O. The fourth-order valence-electron chi connectivity index (χ4n) is 1.78. The molecular formula is C12H14FN3OS. The molecule has 0 saturated heterocycles. The Balaban J connectivity index is 2.59. The van der Waals surface area contributed by atoms with Crippen LogP contribution in [0.25, 0.3) is 11.0 Å². The zero-order chi connectivity index (χ0) is 13.5. The maximum atomic E-state index is 13.6. The zero-order valence-electron chi connectivity index (χ0n) is 10.2. The third-order valence-corrected chi connectivity index (χ3v) is 3.30. The minimum Gasteiger partial charge on any atom is -0.369 e. The number of amides is 1. The maximum absolute atomic E-state index is 13.6. The molecule has 0 spiro atoms. The van der Waals surface area contributed by atoms with Gasteiger partial charge >= 0.3 is 0 Å². The second-order valence-corrected chi connectivity index (χ2v) is 5.29. The van der Waals surface area contributed by atoms with Crippen LogP contribution in [0.3, 0.4) is 0 Å². The molecule has 96 valence electrons. The second kappa shape index (κ2) is 4.20. The molecule has 4 nitrogen and oxygen atoms in total. The topological polar surface area (TPSA) is 63.8 Å². The number of H-pyrrole nitrogens is 1. The minimum atomic E-state index is -0.750. The summed E-state index contributed by atoms with van der Waals surface area (Å²) in [4.78, 5) is 14.2. The lowest BCUT2D eigenvalue weighted by Gasteiger charge is -2.21. The third-order valence-electron chi connectivity index (χ3n) is 2.98. The van der Waals surface area contributed by atoms with Crippen molar-refractivity contribution < 1.29 is 9.18 Å². The predicted molar refractivity (Wildman–Crippen MR) is 70.1 cm³/mol. The van der Waals surface area contributed by atoms with E-state index in [9.17, 15) is 9.18 Å². The standard InChI is InChI=1S/C12H14FN3OS/c1-12(2,10(14)17)6-16-8-5-3-4-7(13)9(8)15-11(16)18/h3-5H,6H2,1-2H3,(H2,14,17)(H,15,18). The van der Waals surface area contributed by atoms with Gasteiger partial charge in [0.2, 0.25) is 5.91 Å². The molecule has 1 amide bonds. The molecule has 0 fully saturated rings. The summed E-state index contributed by atoms with van der Waals surface area (Å²) < 4.78 is 15.7. The number of fused-ring (bicyclic) bond motifs is 1.